The average molecular weight is 597 g/mol. The van der Waals surface area contributed by atoms with Crippen LogP contribution in [0.4, 0.5) is 5.82 Å². The highest BCUT2D eigenvalue weighted by Gasteiger charge is 2.37. The molecule has 2 aliphatic rings. The molecule has 12 nitrogen and oxygen atoms in total. The second kappa shape index (κ2) is 12.3. The highest BCUT2D eigenvalue weighted by Crippen LogP contribution is 2.34. The number of sulfone groups is 1. The van der Waals surface area contributed by atoms with Gasteiger partial charge in [0.2, 0.25) is 0 Å². The molecule has 220 valence electrons. The van der Waals surface area contributed by atoms with Crippen molar-refractivity contribution in [1.29, 1.82) is 0 Å². The van der Waals surface area contributed by atoms with Gasteiger partial charge >= 0.3 is 11.9 Å². The van der Waals surface area contributed by atoms with E-state index in [0.29, 0.717) is 44.5 Å². The summed E-state index contributed by atoms with van der Waals surface area (Å²) in [6.45, 7) is 0.999. The van der Waals surface area contributed by atoms with Gasteiger partial charge in [0.15, 0.2) is 15.9 Å². The van der Waals surface area contributed by atoms with Crippen molar-refractivity contribution in [3.63, 3.8) is 0 Å². The fourth-order valence-electron chi connectivity index (χ4n) is 4.55. The first-order chi connectivity index (χ1) is 20.1. The maximum absolute atomic E-state index is 13.4. The number of carboxylic acids is 2. The standard InChI is InChI=1S/C29H28N2O10S/c32-27(31-24-11-6-19(16-30-24)40-23-3-1-2-22(28(33)34)25(23)29(35)36)26(41-18-12-14-39-15-13-18)17-4-7-20(8-5-17)42(37,38)21-9-10-21/h1-8,11,16,18,21,26H,9-10,12-15H2,(H,33,34)(H,35,36)(H,30,31,32). The Labute approximate surface area is 241 Å². The van der Waals surface area contributed by atoms with Crippen LogP contribution in [-0.4, -0.2) is 66.0 Å². The summed E-state index contributed by atoms with van der Waals surface area (Å²) in [6.07, 6.45) is 2.45. The first-order valence-electron chi connectivity index (χ1n) is 13.2. The fraction of sp³-hybridized carbons (Fsp3) is 0.310. The number of anilines is 1. The van der Waals surface area contributed by atoms with Crippen LogP contribution in [0.25, 0.3) is 0 Å². The summed E-state index contributed by atoms with van der Waals surface area (Å²) in [6, 6.07) is 12.9. The second-order valence-corrected chi connectivity index (χ2v) is 12.1. The van der Waals surface area contributed by atoms with Crippen LogP contribution in [0.3, 0.4) is 0 Å². The average Bonchev–Trinajstić information content (AvgIpc) is 3.84. The molecule has 1 aliphatic carbocycles. The van der Waals surface area contributed by atoms with Crippen molar-refractivity contribution < 1.29 is 47.2 Å². The molecule has 13 heteroatoms. The number of amides is 1. The molecule has 1 saturated heterocycles. The Morgan fingerprint density at radius 1 is 0.929 bits per heavy atom. The van der Waals surface area contributed by atoms with E-state index in [0.717, 1.165) is 6.07 Å². The van der Waals surface area contributed by atoms with Crippen LogP contribution in [-0.2, 0) is 24.1 Å². The van der Waals surface area contributed by atoms with Crippen LogP contribution in [0.1, 0.15) is 58.1 Å². The molecule has 3 aromatic rings. The monoisotopic (exact) mass is 596 g/mol. The Morgan fingerprint density at radius 2 is 1.64 bits per heavy atom. The SMILES string of the molecule is O=C(O)c1cccc(Oc2ccc(NC(=O)C(OC3CCOCC3)c3ccc(S(=O)(=O)C4CC4)cc3)nc2)c1C(=O)O. The van der Waals surface area contributed by atoms with Crippen LogP contribution < -0.4 is 10.1 Å². The number of pyridine rings is 1. The van der Waals surface area contributed by atoms with Gasteiger partial charge in [-0.1, -0.05) is 18.2 Å². The summed E-state index contributed by atoms with van der Waals surface area (Å²) in [5.41, 5.74) is -0.453. The largest absolute Gasteiger partial charge is 0.478 e. The lowest BCUT2D eigenvalue weighted by atomic mass is 10.1. The van der Waals surface area contributed by atoms with Gasteiger partial charge in [-0.25, -0.2) is 23.0 Å². The molecule has 1 aromatic heterocycles. The van der Waals surface area contributed by atoms with Gasteiger partial charge in [0.25, 0.3) is 5.91 Å². The zero-order chi connectivity index (χ0) is 29.9. The van der Waals surface area contributed by atoms with E-state index >= 15 is 0 Å². The van der Waals surface area contributed by atoms with Crippen molar-refractivity contribution in [3.05, 3.63) is 77.5 Å². The summed E-state index contributed by atoms with van der Waals surface area (Å²) >= 11 is 0. The lowest BCUT2D eigenvalue weighted by molar-refractivity contribution is -0.136. The Hall–Kier alpha value is -4.33. The number of nitrogens with zero attached hydrogens (tertiary/aromatic N) is 1. The van der Waals surface area contributed by atoms with Gasteiger partial charge in [0.1, 0.15) is 22.9 Å². The highest BCUT2D eigenvalue weighted by molar-refractivity contribution is 7.92. The Bertz CT molecular complexity index is 1580. The molecule has 3 N–H and O–H groups in total. The fourth-order valence-corrected chi connectivity index (χ4v) is 6.20. The van der Waals surface area contributed by atoms with Crippen LogP contribution in [0.2, 0.25) is 0 Å². The minimum Gasteiger partial charge on any atom is -0.478 e. The molecule has 1 unspecified atom stereocenters. The minimum atomic E-state index is -3.39. The van der Waals surface area contributed by atoms with E-state index in [1.807, 2.05) is 0 Å². The van der Waals surface area contributed by atoms with Gasteiger partial charge in [0.05, 0.1) is 28.0 Å². The van der Waals surface area contributed by atoms with Crippen molar-refractivity contribution in [3.8, 4) is 11.5 Å². The molecular weight excluding hydrogens is 568 g/mol. The lowest BCUT2D eigenvalue weighted by Crippen LogP contribution is -2.31. The van der Waals surface area contributed by atoms with Crippen molar-refractivity contribution in [2.75, 3.05) is 18.5 Å². The van der Waals surface area contributed by atoms with Gasteiger partial charge in [-0.15, -0.1) is 0 Å². The number of aromatic carboxylic acids is 2. The number of hydrogen-bond acceptors (Lipinski definition) is 9. The summed E-state index contributed by atoms with van der Waals surface area (Å²) in [4.78, 5) is 40.9. The van der Waals surface area contributed by atoms with Gasteiger partial charge in [-0.3, -0.25) is 4.79 Å². The van der Waals surface area contributed by atoms with E-state index in [-0.39, 0.29) is 33.6 Å². The highest BCUT2D eigenvalue weighted by atomic mass is 32.2. The third-order valence-corrected chi connectivity index (χ3v) is 9.17. The number of rotatable bonds is 11. The van der Waals surface area contributed by atoms with E-state index in [4.69, 9.17) is 14.2 Å². The quantitative estimate of drug-likeness (QED) is 0.290. The summed E-state index contributed by atoms with van der Waals surface area (Å²) in [5.74, 6) is -3.32. The molecule has 5 rings (SSSR count). The minimum absolute atomic E-state index is 0.112. The molecule has 0 bridgehead atoms. The molecule has 2 heterocycles. The predicted molar refractivity (Wildman–Crippen MR) is 148 cm³/mol. The number of hydrogen-bond donors (Lipinski definition) is 3. The Balaban J connectivity index is 1.33. The molecule has 0 spiro atoms. The Morgan fingerprint density at radius 3 is 2.24 bits per heavy atom. The summed E-state index contributed by atoms with van der Waals surface area (Å²) in [7, 11) is -3.39. The van der Waals surface area contributed by atoms with Gasteiger partial charge in [0, 0.05) is 13.2 Å². The van der Waals surface area contributed by atoms with E-state index < -0.39 is 44.9 Å². The van der Waals surface area contributed by atoms with Crippen molar-refractivity contribution in [2.24, 2.45) is 0 Å². The molecule has 2 fully saturated rings. The van der Waals surface area contributed by atoms with Crippen LogP contribution in [0.15, 0.2) is 65.7 Å². The second-order valence-electron chi connectivity index (χ2n) is 9.90. The van der Waals surface area contributed by atoms with Crippen LogP contribution >= 0.6 is 0 Å². The summed E-state index contributed by atoms with van der Waals surface area (Å²) < 4.78 is 42.4. The van der Waals surface area contributed by atoms with Gasteiger partial charge < -0.3 is 29.7 Å². The maximum Gasteiger partial charge on any atom is 0.340 e. The molecule has 0 radical (unpaired) electrons. The molecule has 2 aromatic carbocycles. The molecule has 1 saturated carbocycles. The molecule has 1 aliphatic heterocycles. The number of benzene rings is 2. The number of aromatic nitrogens is 1. The lowest BCUT2D eigenvalue weighted by Gasteiger charge is -2.27. The number of carbonyl (C=O) groups is 3. The number of nitrogens with one attached hydrogen (secondary N) is 1. The van der Waals surface area contributed by atoms with Crippen molar-refractivity contribution >= 4 is 33.5 Å². The zero-order valence-corrected chi connectivity index (χ0v) is 23.1. The zero-order valence-electron chi connectivity index (χ0n) is 22.3. The van der Waals surface area contributed by atoms with Crippen LogP contribution in [0.5, 0.6) is 11.5 Å². The van der Waals surface area contributed by atoms with E-state index in [1.165, 1.54) is 42.6 Å². The van der Waals surface area contributed by atoms with Crippen LogP contribution in [0, 0.1) is 0 Å². The molecular formula is C29H28N2O10S. The number of carbonyl (C=O) groups excluding carboxylic acids is 1. The van der Waals surface area contributed by atoms with Crippen molar-refractivity contribution in [1.82, 2.24) is 4.98 Å². The number of carboxylic acid groups (broad SMARTS) is 2. The first kappa shape index (κ1) is 29.2. The normalized spacial score (nSPS) is 16.4. The molecule has 42 heavy (non-hydrogen) atoms. The topological polar surface area (TPSA) is 178 Å². The van der Waals surface area contributed by atoms with E-state index in [1.54, 1.807) is 12.1 Å². The third kappa shape index (κ3) is 6.59. The van der Waals surface area contributed by atoms with Gasteiger partial charge in [-0.05, 0) is 67.6 Å². The smallest absolute Gasteiger partial charge is 0.340 e. The molecule has 1 atom stereocenters. The maximum atomic E-state index is 13.4. The first-order valence-corrected chi connectivity index (χ1v) is 14.8. The predicted octanol–water partition coefficient (Wildman–Crippen LogP) is 4.08. The van der Waals surface area contributed by atoms with E-state index in [2.05, 4.69) is 10.3 Å². The van der Waals surface area contributed by atoms with Gasteiger partial charge in [-0.2, -0.15) is 0 Å². The van der Waals surface area contributed by atoms with E-state index in [9.17, 15) is 33.0 Å². The third-order valence-electron chi connectivity index (χ3n) is 6.90. The Kier molecular flexibility index (Phi) is 8.52. The number of ether oxygens (including phenoxy) is 3. The molecule has 1 amide bonds. The summed E-state index contributed by atoms with van der Waals surface area (Å²) in [5, 5.41) is 21.2. The van der Waals surface area contributed by atoms with Crippen molar-refractivity contribution in [2.45, 2.75) is 48.0 Å².